The van der Waals surface area contributed by atoms with Gasteiger partial charge < -0.3 is 4.90 Å². The number of nitrogens with zero attached hydrogens (tertiary/aromatic N) is 3. The summed E-state index contributed by atoms with van der Waals surface area (Å²) in [5, 5.41) is 5.24. The van der Waals surface area contributed by atoms with E-state index in [1.54, 1.807) is 30.2 Å². The molecule has 1 aromatic heterocycles. The summed E-state index contributed by atoms with van der Waals surface area (Å²) in [4.78, 5) is 35.3. The monoisotopic (exact) mass is 442 g/mol. The lowest BCUT2D eigenvalue weighted by molar-refractivity contribution is -0.130. The average molecular weight is 443 g/mol. The maximum Gasteiger partial charge on any atom is 0.252 e. The average Bonchev–Trinajstić information content (AvgIpc) is 3.10. The number of nitrogens with one attached hydrogen (secondary N) is 1. The van der Waals surface area contributed by atoms with Crippen molar-refractivity contribution in [2.75, 3.05) is 5.32 Å². The lowest BCUT2D eigenvalue weighted by Crippen LogP contribution is -2.58. The Balaban J connectivity index is 1.56. The van der Waals surface area contributed by atoms with Crippen molar-refractivity contribution in [2.24, 2.45) is 4.99 Å². The smallest absolute Gasteiger partial charge is 0.252 e. The Hall–Kier alpha value is -2.58. The quantitative estimate of drug-likeness (QED) is 0.779. The predicted molar refractivity (Wildman–Crippen MR) is 109 cm³/mol. The molecule has 3 heterocycles. The van der Waals surface area contributed by atoms with Crippen molar-refractivity contribution in [1.29, 1.82) is 0 Å². The number of thiazole rings is 1. The minimum absolute atomic E-state index is 0.00541. The lowest BCUT2D eigenvalue weighted by atomic mass is 9.91. The van der Waals surface area contributed by atoms with Gasteiger partial charge in [-0.15, -0.1) is 11.3 Å². The van der Waals surface area contributed by atoms with Crippen LogP contribution in [0, 0.1) is 0 Å². The highest BCUT2D eigenvalue weighted by Gasteiger charge is 2.45. The van der Waals surface area contributed by atoms with E-state index in [0.717, 1.165) is 15.7 Å². The van der Waals surface area contributed by atoms with E-state index >= 15 is 0 Å². The van der Waals surface area contributed by atoms with Crippen LogP contribution in [0.25, 0.3) is 11.3 Å². The van der Waals surface area contributed by atoms with E-state index in [1.807, 2.05) is 35.7 Å². The molecule has 6 nitrogen and oxygen atoms in total. The Morgan fingerprint density at radius 1 is 1.30 bits per heavy atom. The Labute approximate surface area is 168 Å². The van der Waals surface area contributed by atoms with Crippen LogP contribution in [0.2, 0.25) is 0 Å². The van der Waals surface area contributed by atoms with Gasteiger partial charge in [-0.2, -0.15) is 4.99 Å². The van der Waals surface area contributed by atoms with E-state index in [2.05, 4.69) is 31.2 Å². The second kappa shape index (κ2) is 6.86. The largest absolute Gasteiger partial charge is 0.317 e. The molecule has 27 heavy (non-hydrogen) atoms. The van der Waals surface area contributed by atoms with Crippen LogP contribution in [0.1, 0.15) is 13.3 Å². The van der Waals surface area contributed by atoms with E-state index < -0.39 is 5.54 Å². The molecule has 1 unspecified atom stereocenters. The second-order valence-electron chi connectivity index (χ2n) is 6.38. The SMILES string of the molecule is CC1(C(=O)Nc2nc(-c3ccc(Br)cc3)cs2)CC(=O)N=C2C=CC=CN21. The normalized spacial score (nSPS) is 21.0. The molecule has 8 heteroatoms. The summed E-state index contributed by atoms with van der Waals surface area (Å²) < 4.78 is 0.992. The third-order valence-corrected chi connectivity index (χ3v) is 5.74. The highest BCUT2D eigenvalue weighted by atomic mass is 79.9. The number of halogens is 1. The molecule has 1 aromatic carbocycles. The van der Waals surface area contributed by atoms with Gasteiger partial charge in [0.15, 0.2) is 5.13 Å². The summed E-state index contributed by atoms with van der Waals surface area (Å²) in [6, 6.07) is 7.80. The molecule has 0 saturated heterocycles. The molecule has 1 N–H and O–H groups in total. The molecule has 2 aliphatic heterocycles. The Bertz CT molecular complexity index is 1010. The third kappa shape index (κ3) is 3.38. The van der Waals surface area contributed by atoms with Crippen LogP contribution in [0.5, 0.6) is 0 Å². The van der Waals surface area contributed by atoms with Crippen molar-refractivity contribution in [3.05, 3.63) is 58.5 Å². The number of allylic oxidation sites excluding steroid dienone is 2. The number of aliphatic imine (C=N–C) groups is 1. The zero-order valence-corrected chi connectivity index (χ0v) is 16.8. The molecule has 2 amide bonds. The number of carbonyl (C=O) groups excluding carboxylic acids is 2. The molecule has 1 atom stereocenters. The minimum Gasteiger partial charge on any atom is -0.317 e. The van der Waals surface area contributed by atoms with Gasteiger partial charge in [-0.3, -0.25) is 14.9 Å². The van der Waals surface area contributed by atoms with Crippen molar-refractivity contribution in [1.82, 2.24) is 9.88 Å². The third-order valence-electron chi connectivity index (χ3n) is 4.46. The molecule has 0 bridgehead atoms. The van der Waals surface area contributed by atoms with Crippen LogP contribution >= 0.6 is 27.3 Å². The minimum atomic E-state index is -1.06. The number of hydrogen-bond donors (Lipinski definition) is 1. The van der Waals surface area contributed by atoms with E-state index in [9.17, 15) is 9.59 Å². The van der Waals surface area contributed by atoms with Crippen molar-refractivity contribution in [3.8, 4) is 11.3 Å². The molecule has 0 radical (unpaired) electrons. The lowest BCUT2D eigenvalue weighted by Gasteiger charge is -2.41. The number of aromatic nitrogens is 1. The topological polar surface area (TPSA) is 74.7 Å². The number of anilines is 1. The van der Waals surface area contributed by atoms with Gasteiger partial charge in [0.05, 0.1) is 12.1 Å². The van der Waals surface area contributed by atoms with Gasteiger partial charge in [0.1, 0.15) is 11.4 Å². The first kappa shape index (κ1) is 17.8. The number of fused-ring (bicyclic) bond motifs is 1. The van der Waals surface area contributed by atoms with Crippen LogP contribution in [0.15, 0.2) is 63.5 Å². The van der Waals surface area contributed by atoms with Crippen molar-refractivity contribution in [3.63, 3.8) is 0 Å². The van der Waals surface area contributed by atoms with Gasteiger partial charge in [0.25, 0.3) is 11.8 Å². The van der Waals surface area contributed by atoms with E-state index in [-0.39, 0.29) is 18.2 Å². The van der Waals surface area contributed by atoms with Crippen molar-refractivity contribution in [2.45, 2.75) is 18.9 Å². The van der Waals surface area contributed by atoms with Crippen molar-refractivity contribution < 1.29 is 9.59 Å². The molecular formula is C19H15BrN4O2S. The number of benzene rings is 1. The fraction of sp³-hybridized carbons (Fsp3) is 0.158. The number of carbonyl (C=O) groups is 2. The number of rotatable bonds is 3. The Morgan fingerprint density at radius 3 is 2.85 bits per heavy atom. The first-order valence-electron chi connectivity index (χ1n) is 8.24. The first-order valence-corrected chi connectivity index (χ1v) is 9.92. The molecule has 0 fully saturated rings. The van der Waals surface area contributed by atoms with Crippen LogP contribution in [0.4, 0.5) is 5.13 Å². The van der Waals surface area contributed by atoms with Gasteiger partial charge in [-0.05, 0) is 31.2 Å². The van der Waals surface area contributed by atoms with Crippen LogP contribution in [0.3, 0.4) is 0 Å². The first-order chi connectivity index (χ1) is 13.0. The molecular weight excluding hydrogens is 428 g/mol. The highest BCUT2D eigenvalue weighted by molar-refractivity contribution is 9.10. The van der Waals surface area contributed by atoms with E-state index in [1.165, 1.54) is 11.3 Å². The van der Waals surface area contributed by atoms with E-state index in [0.29, 0.717) is 11.0 Å². The molecule has 4 rings (SSSR count). The van der Waals surface area contributed by atoms with Gasteiger partial charge in [-0.1, -0.05) is 34.1 Å². The summed E-state index contributed by atoms with van der Waals surface area (Å²) in [5.74, 6) is -0.130. The van der Waals surface area contributed by atoms with Crippen LogP contribution < -0.4 is 5.32 Å². The zero-order chi connectivity index (χ0) is 19.0. The highest BCUT2D eigenvalue weighted by Crippen LogP contribution is 2.31. The summed E-state index contributed by atoms with van der Waals surface area (Å²) in [7, 11) is 0. The van der Waals surface area contributed by atoms with E-state index in [4.69, 9.17) is 0 Å². The number of amides is 2. The molecule has 0 saturated carbocycles. The summed E-state index contributed by atoms with van der Waals surface area (Å²) in [6.07, 6.45) is 7.09. The molecule has 2 aromatic rings. The summed E-state index contributed by atoms with van der Waals surface area (Å²) in [5.41, 5.74) is 0.696. The van der Waals surface area contributed by atoms with Crippen LogP contribution in [-0.2, 0) is 9.59 Å². The number of amidine groups is 1. The Morgan fingerprint density at radius 2 is 2.07 bits per heavy atom. The van der Waals surface area contributed by atoms with Gasteiger partial charge in [0.2, 0.25) is 0 Å². The fourth-order valence-electron chi connectivity index (χ4n) is 3.00. The molecule has 2 aliphatic rings. The second-order valence-corrected chi connectivity index (χ2v) is 8.16. The fourth-order valence-corrected chi connectivity index (χ4v) is 3.97. The maximum absolute atomic E-state index is 13.0. The predicted octanol–water partition coefficient (Wildman–Crippen LogP) is 3.98. The standard InChI is InChI=1S/C19H15BrN4O2S/c1-19(10-16(25)22-15-4-2-3-9-24(15)19)17(26)23-18-21-14(11-27-18)12-5-7-13(20)8-6-12/h2-9,11H,10H2,1H3,(H,21,23,26). The Kier molecular flexibility index (Phi) is 4.53. The maximum atomic E-state index is 13.0. The van der Waals surface area contributed by atoms with Gasteiger partial charge in [0, 0.05) is 21.6 Å². The summed E-state index contributed by atoms with van der Waals surface area (Å²) >= 11 is 4.76. The zero-order valence-electron chi connectivity index (χ0n) is 14.3. The van der Waals surface area contributed by atoms with Gasteiger partial charge in [-0.25, -0.2) is 4.98 Å². The number of hydrogen-bond acceptors (Lipinski definition) is 5. The van der Waals surface area contributed by atoms with Crippen LogP contribution in [-0.4, -0.2) is 33.1 Å². The molecule has 0 spiro atoms. The summed E-state index contributed by atoms with van der Waals surface area (Å²) in [6.45, 7) is 1.74. The molecule has 136 valence electrons. The van der Waals surface area contributed by atoms with Gasteiger partial charge >= 0.3 is 0 Å². The van der Waals surface area contributed by atoms with Crippen molar-refractivity contribution >= 4 is 50.0 Å². The molecule has 0 aliphatic carbocycles.